The van der Waals surface area contributed by atoms with Crippen LogP contribution in [0.1, 0.15) is 30.4 Å². The van der Waals surface area contributed by atoms with E-state index in [0.717, 1.165) is 22.6 Å². The van der Waals surface area contributed by atoms with E-state index in [1.54, 1.807) is 7.11 Å². The SMILES string of the molecule is COc1ccccc1[N+]1=Cc2cc(C)ccc2[N+]2(CCCCC2)C1. The number of methoxy groups -OCH3 is 1. The number of benzene rings is 2. The smallest absolute Gasteiger partial charge is 0.281 e. The van der Waals surface area contributed by atoms with Gasteiger partial charge in [-0.15, -0.1) is 4.58 Å². The minimum atomic E-state index is 0.944. The number of piperidine rings is 1. The van der Waals surface area contributed by atoms with Gasteiger partial charge in [-0.1, -0.05) is 18.2 Å². The Hall–Kier alpha value is -2.13. The molecule has 2 heterocycles. The standard InChI is InChI=1S/C21H26N2O/c1-17-10-11-20-18(14-17)15-22(16-23(20)12-6-3-7-13-23)19-8-4-5-9-21(19)24-2/h4-5,8-11,14-15H,3,6-7,12-13,16H2,1-2H3/q+2. The first kappa shape index (κ1) is 15.4. The van der Waals surface area contributed by atoms with Gasteiger partial charge in [-0.2, -0.15) is 0 Å². The van der Waals surface area contributed by atoms with Crippen LogP contribution in [0.3, 0.4) is 0 Å². The Morgan fingerprint density at radius 3 is 2.58 bits per heavy atom. The van der Waals surface area contributed by atoms with Crippen LogP contribution in [0.4, 0.5) is 11.4 Å². The third kappa shape index (κ3) is 2.53. The maximum atomic E-state index is 5.62. The Morgan fingerprint density at radius 2 is 1.79 bits per heavy atom. The van der Waals surface area contributed by atoms with Crippen molar-refractivity contribution in [2.45, 2.75) is 26.2 Å². The van der Waals surface area contributed by atoms with Crippen LogP contribution in [0.5, 0.6) is 5.75 Å². The molecule has 2 aromatic carbocycles. The zero-order chi connectivity index (χ0) is 16.6. The van der Waals surface area contributed by atoms with Crippen molar-refractivity contribution in [3.05, 3.63) is 53.6 Å². The number of para-hydroxylation sites is 2. The van der Waals surface area contributed by atoms with E-state index >= 15 is 0 Å². The lowest BCUT2D eigenvalue weighted by molar-refractivity contribution is -0.463. The second-order valence-corrected chi connectivity index (χ2v) is 7.13. The molecular formula is C21H26N2O+2. The Morgan fingerprint density at radius 1 is 1.00 bits per heavy atom. The summed E-state index contributed by atoms with van der Waals surface area (Å²) in [5, 5.41) is 0. The van der Waals surface area contributed by atoms with E-state index in [1.165, 1.54) is 49.2 Å². The highest BCUT2D eigenvalue weighted by Gasteiger charge is 2.42. The minimum absolute atomic E-state index is 0.944. The fourth-order valence-corrected chi connectivity index (χ4v) is 4.30. The average molecular weight is 322 g/mol. The molecule has 3 heteroatoms. The molecule has 0 unspecified atom stereocenters. The third-order valence-corrected chi connectivity index (χ3v) is 5.48. The maximum absolute atomic E-state index is 5.62. The van der Waals surface area contributed by atoms with Crippen molar-refractivity contribution in [3.63, 3.8) is 0 Å². The van der Waals surface area contributed by atoms with Gasteiger partial charge >= 0.3 is 0 Å². The highest BCUT2D eigenvalue weighted by molar-refractivity contribution is 5.86. The first-order chi connectivity index (χ1) is 11.7. The number of fused-ring (bicyclic) bond motifs is 2. The first-order valence-corrected chi connectivity index (χ1v) is 8.94. The maximum Gasteiger partial charge on any atom is 0.281 e. The van der Waals surface area contributed by atoms with Crippen molar-refractivity contribution in [3.8, 4) is 5.75 Å². The molecule has 0 N–H and O–H groups in total. The van der Waals surface area contributed by atoms with Gasteiger partial charge in [-0.25, -0.2) is 4.48 Å². The Labute approximate surface area is 144 Å². The Balaban J connectivity index is 1.87. The molecule has 4 rings (SSSR count). The van der Waals surface area contributed by atoms with Crippen LogP contribution in [0.2, 0.25) is 0 Å². The van der Waals surface area contributed by atoms with Crippen molar-refractivity contribution in [2.24, 2.45) is 0 Å². The summed E-state index contributed by atoms with van der Waals surface area (Å²) in [6, 6.07) is 15.3. The van der Waals surface area contributed by atoms with Gasteiger partial charge in [0.15, 0.2) is 17.7 Å². The summed E-state index contributed by atoms with van der Waals surface area (Å²) in [4.78, 5) is 0. The summed E-state index contributed by atoms with van der Waals surface area (Å²) < 4.78 is 9.09. The minimum Gasteiger partial charge on any atom is -0.490 e. The Bertz CT molecular complexity index is 788. The van der Waals surface area contributed by atoms with Crippen molar-refractivity contribution in [1.82, 2.24) is 4.48 Å². The van der Waals surface area contributed by atoms with E-state index < -0.39 is 0 Å². The summed E-state index contributed by atoms with van der Waals surface area (Å²) in [7, 11) is 1.76. The molecule has 0 saturated carbocycles. The summed E-state index contributed by atoms with van der Waals surface area (Å²) >= 11 is 0. The molecule has 1 fully saturated rings. The van der Waals surface area contributed by atoms with Crippen molar-refractivity contribution in [1.29, 1.82) is 0 Å². The molecule has 1 spiro atoms. The molecule has 1 saturated heterocycles. The monoisotopic (exact) mass is 322 g/mol. The molecule has 24 heavy (non-hydrogen) atoms. The predicted molar refractivity (Wildman–Crippen MR) is 99.5 cm³/mol. The molecule has 0 atom stereocenters. The van der Waals surface area contributed by atoms with Gasteiger partial charge in [-0.05, 0) is 43.9 Å². The molecule has 0 amide bonds. The molecular weight excluding hydrogens is 296 g/mol. The van der Waals surface area contributed by atoms with E-state index in [1.807, 2.05) is 6.07 Å². The van der Waals surface area contributed by atoms with Crippen molar-refractivity contribution >= 4 is 17.6 Å². The van der Waals surface area contributed by atoms with Crippen LogP contribution in [0.25, 0.3) is 0 Å². The van der Waals surface area contributed by atoms with Gasteiger partial charge in [0.2, 0.25) is 0 Å². The highest BCUT2D eigenvalue weighted by Crippen LogP contribution is 2.37. The summed E-state index contributed by atoms with van der Waals surface area (Å²) in [6.07, 6.45) is 6.29. The summed E-state index contributed by atoms with van der Waals surface area (Å²) in [5.74, 6) is 0.944. The molecule has 124 valence electrons. The van der Waals surface area contributed by atoms with Crippen LogP contribution >= 0.6 is 0 Å². The van der Waals surface area contributed by atoms with Crippen LogP contribution < -0.4 is 9.22 Å². The van der Waals surface area contributed by atoms with E-state index in [-0.39, 0.29) is 0 Å². The molecule has 0 aliphatic carbocycles. The average Bonchev–Trinajstić information content (AvgIpc) is 2.62. The number of hydrogen-bond acceptors (Lipinski definition) is 1. The molecule has 2 aliphatic rings. The lowest BCUT2D eigenvalue weighted by Crippen LogP contribution is -2.58. The number of quaternary nitrogens is 1. The molecule has 3 nitrogen and oxygen atoms in total. The number of hydrogen-bond donors (Lipinski definition) is 0. The van der Waals surface area contributed by atoms with E-state index in [9.17, 15) is 0 Å². The normalized spacial score (nSPS) is 18.8. The van der Waals surface area contributed by atoms with Crippen molar-refractivity contribution < 1.29 is 9.31 Å². The largest absolute Gasteiger partial charge is 0.490 e. The van der Waals surface area contributed by atoms with E-state index in [0.29, 0.717) is 0 Å². The second kappa shape index (κ2) is 6.06. The number of ether oxygens (including phenoxy) is 1. The number of rotatable bonds is 2. The number of nitrogens with zero attached hydrogens (tertiary/aromatic N) is 2. The number of aryl methyl sites for hydroxylation is 1. The molecule has 2 aromatic rings. The molecule has 0 radical (unpaired) electrons. The molecule has 2 aliphatic heterocycles. The van der Waals surface area contributed by atoms with Gasteiger partial charge in [-0.3, -0.25) is 0 Å². The lowest BCUT2D eigenvalue weighted by atomic mass is 10.0. The van der Waals surface area contributed by atoms with Crippen LogP contribution in [0, 0.1) is 6.92 Å². The lowest BCUT2D eigenvalue weighted by Gasteiger charge is -2.40. The van der Waals surface area contributed by atoms with E-state index in [4.69, 9.17) is 4.74 Å². The second-order valence-electron chi connectivity index (χ2n) is 7.13. The fourth-order valence-electron chi connectivity index (χ4n) is 4.30. The third-order valence-electron chi connectivity index (χ3n) is 5.48. The van der Waals surface area contributed by atoms with Gasteiger partial charge in [0.05, 0.1) is 25.8 Å². The van der Waals surface area contributed by atoms with Gasteiger partial charge in [0.25, 0.3) is 12.4 Å². The van der Waals surface area contributed by atoms with Gasteiger partial charge in [0.1, 0.15) is 0 Å². The van der Waals surface area contributed by atoms with Crippen LogP contribution in [-0.2, 0) is 0 Å². The van der Waals surface area contributed by atoms with Crippen molar-refractivity contribution in [2.75, 3.05) is 26.9 Å². The molecule has 0 bridgehead atoms. The van der Waals surface area contributed by atoms with Gasteiger partial charge < -0.3 is 4.74 Å². The summed E-state index contributed by atoms with van der Waals surface area (Å²) in [5.41, 5.74) is 5.33. The summed E-state index contributed by atoms with van der Waals surface area (Å²) in [6.45, 7) is 5.64. The van der Waals surface area contributed by atoms with E-state index in [2.05, 4.69) is 54.1 Å². The first-order valence-electron chi connectivity index (χ1n) is 8.94. The zero-order valence-electron chi connectivity index (χ0n) is 14.7. The predicted octanol–water partition coefficient (Wildman–Crippen LogP) is 4.23. The molecule has 0 aromatic heterocycles. The Kier molecular flexibility index (Phi) is 3.89. The quantitative estimate of drug-likeness (QED) is 0.595. The fraction of sp³-hybridized carbons (Fsp3) is 0.381. The van der Waals surface area contributed by atoms with Crippen LogP contribution in [-0.4, -0.2) is 37.7 Å². The van der Waals surface area contributed by atoms with Gasteiger partial charge in [0, 0.05) is 12.1 Å². The highest BCUT2D eigenvalue weighted by atomic mass is 16.5. The zero-order valence-corrected chi connectivity index (χ0v) is 14.7. The topological polar surface area (TPSA) is 12.2 Å². The van der Waals surface area contributed by atoms with Crippen LogP contribution in [0.15, 0.2) is 42.5 Å².